The number of piperidine rings is 1. The minimum absolute atomic E-state index is 0.120. The summed E-state index contributed by atoms with van der Waals surface area (Å²) in [5, 5.41) is 2.36. The molecule has 3 aliphatic heterocycles. The fraction of sp³-hybridized carbons (Fsp3) is 0.609. The first-order valence-electron chi connectivity index (χ1n) is 10.9. The molecule has 0 aromatic heterocycles. The minimum atomic E-state index is -0.568. The van der Waals surface area contributed by atoms with E-state index in [-0.39, 0.29) is 29.7 Å². The normalized spacial score (nSPS) is 28.0. The molecule has 3 atom stereocenters. The van der Waals surface area contributed by atoms with Crippen molar-refractivity contribution >= 4 is 23.4 Å². The topological polar surface area (TPSA) is 73.0 Å². The number of anilines is 1. The maximum atomic E-state index is 12.9. The molecule has 30 heavy (non-hydrogen) atoms. The van der Waals surface area contributed by atoms with Crippen LogP contribution in [0.1, 0.15) is 63.4 Å². The number of nitrogens with zero attached hydrogens (tertiary/aromatic N) is 3. The molecule has 2 saturated heterocycles. The first kappa shape index (κ1) is 20.8. The molecule has 2 fully saturated rings. The lowest BCUT2D eigenvalue weighted by atomic mass is 9.96. The summed E-state index contributed by atoms with van der Waals surface area (Å²) in [4.78, 5) is 43.2. The van der Waals surface area contributed by atoms with Crippen molar-refractivity contribution < 1.29 is 14.4 Å². The van der Waals surface area contributed by atoms with E-state index in [1.165, 1.54) is 0 Å². The van der Waals surface area contributed by atoms with Gasteiger partial charge >= 0.3 is 0 Å². The molecule has 4 rings (SSSR count). The molecule has 3 heterocycles. The van der Waals surface area contributed by atoms with E-state index >= 15 is 0 Å². The Bertz CT molecular complexity index is 879. The van der Waals surface area contributed by atoms with Gasteiger partial charge < -0.3 is 9.80 Å². The standard InChI is InChI=1S/C23H32N4O3/c1-14-11-25(12-15(2)27(14)23(3,4)5)17-6-7-18-16(10-17)13-26(22(18)30)19-8-9-20(28)24-21(19)29/h6-7,10,14-15,19H,8-9,11-13H2,1-5H3,(H,24,28,29)/t14?,15?,19-/m1/s1. The number of hydrogen-bond donors (Lipinski definition) is 1. The number of carbonyl (C=O) groups is 3. The Kier molecular flexibility index (Phi) is 5.12. The molecular formula is C23H32N4O3. The van der Waals surface area contributed by atoms with Gasteiger partial charge in [0.15, 0.2) is 0 Å². The Hall–Kier alpha value is -2.41. The molecule has 2 unspecified atom stereocenters. The molecule has 162 valence electrons. The summed E-state index contributed by atoms with van der Waals surface area (Å²) in [7, 11) is 0. The lowest BCUT2D eigenvalue weighted by Gasteiger charge is -2.51. The molecular weight excluding hydrogens is 380 g/mol. The first-order chi connectivity index (χ1) is 14.1. The number of benzene rings is 1. The quantitative estimate of drug-likeness (QED) is 0.754. The van der Waals surface area contributed by atoms with Gasteiger partial charge in [-0.15, -0.1) is 0 Å². The summed E-state index contributed by atoms with van der Waals surface area (Å²) in [6.07, 6.45) is 0.663. The predicted molar refractivity (Wildman–Crippen MR) is 115 cm³/mol. The number of piperazine rings is 1. The van der Waals surface area contributed by atoms with Crippen LogP contribution in [0.3, 0.4) is 0 Å². The van der Waals surface area contributed by atoms with Crippen LogP contribution in [0.2, 0.25) is 0 Å². The van der Waals surface area contributed by atoms with Gasteiger partial charge in [0.05, 0.1) is 0 Å². The third-order valence-corrected chi connectivity index (χ3v) is 6.57. The average Bonchev–Trinajstić information content (AvgIpc) is 2.96. The molecule has 1 aromatic carbocycles. The van der Waals surface area contributed by atoms with Gasteiger partial charge in [0.25, 0.3) is 5.91 Å². The van der Waals surface area contributed by atoms with E-state index in [9.17, 15) is 14.4 Å². The molecule has 1 aromatic rings. The van der Waals surface area contributed by atoms with Crippen LogP contribution in [-0.4, -0.2) is 64.3 Å². The summed E-state index contributed by atoms with van der Waals surface area (Å²) in [6, 6.07) is 6.29. The van der Waals surface area contributed by atoms with Crippen molar-refractivity contribution in [3.63, 3.8) is 0 Å². The van der Waals surface area contributed by atoms with Crippen molar-refractivity contribution in [2.75, 3.05) is 18.0 Å². The van der Waals surface area contributed by atoms with Gasteiger partial charge in [-0.1, -0.05) is 0 Å². The molecule has 0 aliphatic carbocycles. The number of nitrogens with one attached hydrogen (secondary N) is 1. The lowest BCUT2D eigenvalue weighted by Crippen LogP contribution is -2.62. The fourth-order valence-electron chi connectivity index (χ4n) is 5.61. The van der Waals surface area contributed by atoms with E-state index < -0.39 is 6.04 Å². The van der Waals surface area contributed by atoms with Crippen molar-refractivity contribution in [3.05, 3.63) is 29.3 Å². The van der Waals surface area contributed by atoms with Crippen LogP contribution in [0.25, 0.3) is 0 Å². The number of imide groups is 1. The number of fused-ring (bicyclic) bond motifs is 1. The van der Waals surface area contributed by atoms with Crippen LogP contribution in [0.5, 0.6) is 0 Å². The summed E-state index contributed by atoms with van der Waals surface area (Å²) in [5.41, 5.74) is 2.87. The second-order valence-corrected chi connectivity index (χ2v) is 9.92. The molecule has 0 saturated carbocycles. The van der Waals surface area contributed by atoms with E-state index in [0.29, 0.717) is 30.6 Å². The van der Waals surface area contributed by atoms with Gasteiger partial charge in [-0.25, -0.2) is 0 Å². The molecule has 0 bridgehead atoms. The maximum absolute atomic E-state index is 12.9. The van der Waals surface area contributed by atoms with E-state index in [2.05, 4.69) is 55.8 Å². The summed E-state index contributed by atoms with van der Waals surface area (Å²) >= 11 is 0. The van der Waals surface area contributed by atoms with Gasteiger partial charge in [-0.05, 0) is 64.8 Å². The van der Waals surface area contributed by atoms with Crippen LogP contribution in [0.4, 0.5) is 5.69 Å². The van der Waals surface area contributed by atoms with Crippen molar-refractivity contribution in [2.45, 2.75) is 77.7 Å². The van der Waals surface area contributed by atoms with E-state index in [1.807, 2.05) is 12.1 Å². The van der Waals surface area contributed by atoms with Crippen molar-refractivity contribution in [2.24, 2.45) is 0 Å². The fourth-order valence-corrected chi connectivity index (χ4v) is 5.61. The molecule has 7 nitrogen and oxygen atoms in total. The van der Waals surface area contributed by atoms with E-state index in [4.69, 9.17) is 0 Å². The Labute approximate surface area is 178 Å². The minimum Gasteiger partial charge on any atom is -0.368 e. The molecule has 0 radical (unpaired) electrons. The second kappa shape index (κ2) is 7.38. The van der Waals surface area contributed by atoms with Crippen molar-refractivity contribution in [1.29, 1.82) is 0 Å². The maximum Gasteiger partial charge on any atom is 0.255 e. The van der Waals surface area contributed by atoms with Gasteiger partial charge in [0.1, 0.15) is 6.04 Å². The largest absolute Gasteiger partial charge is 0.368 e. The predicted octanol–water partition coefficient (Wildman–Crippen LogP) is 2.15. The highest BCUT2D eigenvalue weighted by Crippen LogP contribution is 2.33. The second-order valence-electron chi connectivity index (χ2n) is 9.92. The highest BCUT2D eigenvalue weighted by atomic mass is 16.2. The van der Waals surface area contributed by atoms with E-state index in [1.54, 1.807) is 4.90 Å². The number of amides is 3. The monoisotopic (exact) mass is 412 g/mol. The number of rotatable bonds is 2. The highest BCUT2D eigenvalue weighted by molar-refractivity contribution is 6.05. The van der Waals surface area contributed by atoms with E-state index in [0.717, 1.165) is 24.3 Å². The molecule has 3 amide bonds. The van der Waals surface area contributed by atoms with Gasteiger partial charge in [0, 0.05) is 54.9 Å². The SMILES string of the molecule is CC1CN(c2ccc3c(c2)CN([C@@H]2CCC(=O)NC2=O)C3=O)CC(C)N1C(C)(C)C. The zero-order valence-electron chi connectivity index (χ0n) is 18.6. The zero-order valence-corrected chi connectivity index (χ0v) is 18.6. The van der Waals surface area contributed by atoms with Gasteiger partial charge in [0.2, 0.25) is 11.8 Å². The molecule has 1 N–H and O–H groups in total. The van der Waals surface area contributed by atoms with Gasteiger partial charge in [-0.3, -0.25) is 24.6 Å². The average molecular weight is 413 g/mol. The summed E-state index contributed by atoms with van der Waals surface area (Å²) < 4.78 is 0. The van der Waals surface area contributed by atoms with Crippen LogP contribution >= 0.6 is 0 Å². The van der Waals surface area contributed by atoms with Crippen LogP contribution in [-0.2, 0) is 16.1 Å². The van der Waals surface area contributed by atoms with Crippen LogP contribution < -0.4 is 10.2 Å². The van der Waals surface area contributed by atoms with Crippen molar-refractivity contribution in [1.82, 2.24) is 15.1 Å². The Morgan fingerprint density at radius 2 is 1.70 bits per heavy atom. The third-order valence-electron chi connectivity index (χ3n) is 6.57. The van der Waals surface area contributed by atoms with Crippen molar-refractivity contribution in [3.8, 4) is 0 Å². The number of carbonyl (C=O) groups excluding carboxylic acids is 3. The summed E-state index contributed by atoms with van der Waals surface area (Å²) in [6.45, 7) is 13.6. The highest BCUT2D eigenvalue weighted by Gasteiger charge is 2.40. The Morgan fingerprint density at radius 1 is 1.03 bits per heavy atom. The summed E-state index contributed by atoms with van der Waals surface area (Å²) in [5.74, 6) is -0.751. The Balaban J connectivity index is 1.52. The van der Waals surface area contributed by atoms with Crippen LogP contribution in [0.15, 0.2) is 18.2 Å². The molecule has 3 aliphatic rings. The first-order valence-corrected chi connectivity index (χ1v) is 10.9. The third kappa shape index (κ3) is 3.60. The lowest BCUT2D eigenvalue weighted by molar-refractivity contribution is -0.136. The van der Waals surface area contributed by atoms with Crippen LogP contribution in [0, 0.1) is 0 Å². The van der Waals surface area contributed by atoms with Gasteiger partial charge in [-0.2, -0.15) is 0 Å². The number of hydrogen-bond acceptors (Lipinski definition) is 5. The Morgan fingerprint density at radius 3 is 2.30 bits per heavy atom. The molecule has 0 spiro atoms. The smallest absolute Gasteiger partial charge is 0.255 e. The molecule has 7 heteroatoms. The zero-order chi connectivity index (χ0) is 21.8.